The van der Waals surface area contributed by atoms with Gasteiger partial charge in [0.25, 0.3) is 0 Å². The Morgan fingerprint density at radius 2 is 1.86 bits per heavy atom. The fourth-order valence-electron chi connectivity index (χ4n) is 2.82. The molecule has 0 amide bonds. The first kappa shape index (κ1) is 14.1. The Labute approximate surface area is 131 Å². The van der Waals surface area contributed by atoms with E-state index in [0.717, 1.165) is 30.3 Å². The number of thiocarbonyl (C=S) groups is 1. The fourth-order valence-corrected chi connectivity index (χ4v) is 3.08. The van der Waals surface area contributed by atoms with Crippen LogP contribution in [0.3, 0.4) is 0 Å². The number of hydrogen-bond acceptors (Lipinski definition) is 1. The van der Waals surface area contributed by atoms with Crippen molar-refractivity contribution >= 4 is 23.0 Å². The summed E-state index contributed by atoms with van der Waals surface area (Å²) >= 11 is 5.59. The van der Waals surface area contributed by atoms with Crippen LogP contribution in [-0.2, 0) is 13.0 Å². The molecule has 0 fully saturated rings. The van der Waals surface area contributed by atoms with Gasteiger partial charge in [-0.2, -0.15) is 0 Å². The molecule has 1 aliphatic rings. The number of nitrogens with zero attached hydrogens (tertiary/aromatic N) is 1. The van der Waals surface area contributed by atoms with E-state index in [-0.39, 0.29) is 0 Å². The number of aryl methyl sites for hydroxylation is 2. The van der Waals surface area contributed by atoms with Crippen molar-refractivity contribution < 1.29 is 0 Å². The maximum Gasteiger partial charge on any atom is 0.173 e. The third-order valence-electron chi connectivity index (χ3n) is 4.04. The summed E-state index contributed by atoms with van der Waals surface area (Å²) in [6, 6.07) is 15.0. The maximum atomic E-state index is 5.59. The Hall–Kier alpha value is -1.87. The molecule has 0 spiro atoms. The molecule has 1 N–H and O–H groups in total. The summed E-state index contributed by atoms with van der Waals surface area (Å²) in [6.45, 7) is 6.10. The van der Waals surface area contributed by atoms with Gasteiger partial charge in [0, 0.05) is 18.8 Å². The zero-order valence-electron chi connectivity index (χ0n) is 12.5. The van der Waals surface area contributed by atoms with Gasteiger partial charge >= 0.3 is 0 Å². The highest BCUT2D eigenvalue weighted by molar-refractivity contribution is 7.80. The van der Waals surface area contributed by atoms with Gasteiger partial charge in [-0.1, -0.05) is 42.0 Å². The van der Waals surface area contributed by atoms with E-state index < -0.39 is 0 Å². The second-order valence-corrected chi connectivity index (χ2v) is 6.08. The molecule has 21 heavy (non-hydrogen) atoms. The van der Waals surface area contributed by atoms with Crippen LogP contribution < -0.4 is 5.32 Å². The molecule has 3 heteroatoms. The SMILES string of the molecule is Cc1ccc(NC(=S)N2CCc3ccccc3C2)c(C)c1. The van der Waals surface area contributed by atoms with E-state index in [4.69, 9.17) is 12.2 Å². The van der Waals surface area contributed by atoms with E-state index in [1.54, 1.807) is 0 Å². The lowest BCUT2D eigenvalue weighted by atomic mass is 10.0. The van der Waals surface area contributed by atoms with Crippen molar-refractivity contribution in [3.8, 4) is 0 Å². The average Bonchev–Trinajstić information content (AvgIpc) is 2.49. The lowest BCUT2D eigenvalue weighted by Gasteiger charge is -2.31. The summed E-state index contributed by atoms with van der Waals surface area (Å²) in [5.74, 6) is 0. The van der Waals surface area contributed by atoms with Crippen molar-refractivity contribution in [2.24, 2.45) is 0 Å². The predicted molar refractivity (Wildman–Crippen MR) is 92.7 cm³/mol. The van der Waals surface area contributed by atoms with E-state index in [9.17, 15) is 0 Å². The molecule has 2 aromatic rings. The summed E-state index contributed by atoms with van der Waals surface area (Å²) in [6.07, 6.45) is 1.06. The molecule has 0 bridgehead atoms. The van der Waals surface area contributed by atoms with Crippen molar-refractivity contribution in [1.82, 2.24) is 4.90 Å². The standard InChI is InChI=1S/C18H20N2S/c1-13-7-8-17(14(2)11-13)19-18(21)20-10-9-15-5-3-4-6-16(15)12-20/h3-8,11H,9-10,12H2,1-2H3,(H,19,21). The van der Waals surface area contributed by atoms with Gasteiger partial charge in [0.15, 0.2) is 5.11 Å². The second-order valence-electron chi connectivity index (χ2n) is 5.69. The van der Waals surface area contributed by atoms with Crippen LogP contribution in [0, 0.1) is 13.8 Å². The molecular formula is C18H20N2S. The van der Waals surface area contributed by atoms with Gasteiger partial charge in [0.05, 0.1) is 0 Å². The van der Waals surface area contributed by atoms with Crippen LogP contribution >= 0.6 is 12.2 Å². The molecule has 0 aromatic heterocycles. The van der Waals surface area contributed by atoms with Gasteiger partial charge in [-0.15, -0.1) is 0 Å². The second kappa shape index (κ2) is 5.86. The first-order valence-corrected chi connectivity index (χ1v) is 7.74. The van der Waals surface area contributed by atoms with Crippen LogP contribution in [0.5, 0.6) is 0 Å². The smallest absolute Gasteiger partial charge is 0.173 e. The van der Waals surface area contributed by atoms with E-state index in [2.05, 4.69) is 66.5 Å². The summed E-state index contributed by atoms with van der Waals surface area (Å²) in [4.78, 5) is 2.25. The zero-order valence-corrected chi connectivity index (χ0v) is 13.3. The molecular weight excluding hydrogens is 276 g/mol. The molecule has 2 nitrogen and oxygen atoms in total. The van der Waals surface area contributed by atoms with Crippen LogP contribution in [0.1, 0.15) is 22.3 Å². The van der Waals surface area contributed by atoms with Gasteiger partial charge in [-0.05, 0) is 55.2 Å². The summed E-state index contributed by atoms with van der Waals surface area (Å²) in [5.41, 5.74) is 6.44. The van der Waals surface area contributed by atoms with E-state index in [1.807, 2.05) is 0 Å². The number of rotatable bonds is 1. The quantitative estimate of drug-likeness (QED) is 0.799. The molecule has 2 aromatic carbocycles. The number of fused-ring (bicyclic) bond motifs is 1. The fraction of sp³-hybridized carbons (Fsp3) is 0.278. The minimum atomic E-state index is 0.816. The summed E-state index contributed by atoms with van der Waals surface area (Å²) in [5, 5.41) is 4.21. The molecule has 0 unspecified atom stereocenters. The van der Waals surface area contributed by atoms with Gasteiger partial charge in [-0.3, -0.25) is 0 Å². The predicted octanol–water partition coefficient (Wildman–Crippen LogP) is 4.06. The Morgan fingerprint density at radius 3 is 2.62 bits per heavy atom. The molecule has 0 atom stereocenters. The molecule has 108 valence electrons. The maximum absolute atomic E-state index is 5.59. The molecule has 3 rings (SSSR count). The monoisotopic (exact) mass is 296 g/mol. The molecule has 1 heterocycles. The minimum Gasteiger partial charge on any atom is -0.344 e. The topological polar surface area (TPSA) is 15.3 Å². The van der Waals surface area contributed by atoms with Crippen LogP contribution in [0.25, 0.3) is 0 Å². The largest absolute Gasteiger partial charge is 0.344 e. The van der Waals surface area contributed by atoms with E-state index in [1.165, 1.54) is 22.3 Å². The van der Waals surface area contributed by atoms with Gasteiger partial charge in [0.2, 0.25) is 0 Å². The third kappa shape index (κ3) is 3.08. The average molecular weight is 296 g/mol. The van der Waals surface area contributed by atoms with Gasteiger partial charge in [-0.25, -0.2) is 0 Å². The van der Waals surface area contributed by atoms with Crippen molar-refractivity contribution in [2.75, 3.05) is 11.9 Å². The van der Waals surface area contributed by atoms with Gasteiger partial charge in [0.1, 0.15) is 0 Å². The first-order valence-electron chi connectivity index (χ1n) is 7.33. The highest BCUT2D eigenvalue weighted by Gasteiger charge is 2.18. The molecule has 0 saturated carbocycles. The van der Waals surface area contributed by atoms with Crippen molar-refractivity contribution in [3.05, 3.63) is 64.7 Å². The van der Waals surface area contributed by atoms with Crippen molar-refractivity contribution in [2.45, 2.75) is 26.8 Å². The number of anilines is 1. The number of nitrogens with one attached hydrogen (secondary N) is 1. The zero-order chi connectivity index (χ0) is 14.8. The molecule has 0 saturated heterocycles. The Morgan fingerprint density at radius 1 is 1.10 bits per heavy atom. The number of benzene rings is 2. The number of hydrogen-bond donors (Lipinski definition) is 1. The van der Waals surface area contributed by atoms with E-state index >= 15 is 0 Å². The lowest BCUT2D eigenvalue weighted by molar-refractivity contribution is 0.399. The van der Waals surface area contributed by atoms with Crippen molar-refractivity contribution in [3.63, 3.8) is 0 Å². The first-order chi connectivity index (χ1) is 10.1. The molecule has 1 aliphatic heterocycles. The summed E-state index contributed by atoms with van der Waals surface area (Å²) < 4.78 is 0. The molecule has 0 aliphatic carbocycles. The van der Waals surface area contributed by atoms with E-state index in [0.29, 0.717) is 0 Å². The Bertz CT molecular complexity index is 679. The van der Waals surface area contributed by atoms with Gasteiger partial charge < -0.3 is 10.2 Å². The van der Waals surface area contributed by atoms with Crippen LogP contribution in [-0.4, -0.2) is 16.6 Å². The Kier molecular flexibility index (Phi) is 3.93. The highest BCUT2D eigenvalue weighted by Crippen LogP contribution is 2.21. The lowest BCUT2D eigenvalue weighted by Crippen LogP contribution is -2.38. The summed E-state index contributed by atoms with van der Waals surface area (Å²) in [7, 11) is 0. The third-order valence-corrected chi connectivity index (χ3v) is 4.40. The van der Waals surface area contributed by atoms with Crippen LogP contribution in [0.4, 0.5) is 5.69 Å². The molecule has 0 radical (unpaired) electrons. The normalized spacial score (nSPS) is 13.7. The highest BCUT2D eigenvalue weighted by atomic mass is 32.1. The van der Waals surface area contributed by atoms with Crippen LogP contribution in [0.2, 0.25) is 0 Å². The Balaban J connectivity index is 1.72. The van der Waals surface area contributed by atoms with Crippen LogP contribution in [0.15, 0.2) is 42.5 Å². The van der Waals surface area contributed by atoms with Crippen molar-refractivity contribution in [1.29, 1.82) is 0 Å². The minimum absolute atomic E-state index is 0.816.